The third-order valence-electron chi connectivity index (χ3n) is 4.27. The summed E-state index contributed by atoms with van der Waals surface area (Å²) in [4.78, 5) is 25.4. The highest BCUT2D eigenvalue weighted by Gasteiger charge is 2.16. The van der Waals surface area contributed by atoms with Crippen molar-refractivity contribution in [3.63, 3.8) is 0 Å². The molecule has 0 unspecified atom stereocenters. The standard InChI is InChI=1S/C24H23N3O3S/c1-2-16-30-21-15-9-7-13-19(21)23(29)27-24(31)26-20-14-8-6-12-18(20)22(28)25-17-10-4-3-5-11-17/h3-15H,2,16H2,1H3,(H,25,28)(H2,26,27,29,31). The van der Waals surface area contributed by atoms with Gasteiger partial charge in [-0.3, -0.25) is 14.9 Å². The lowest BCUT2D eigenvalue weighted by Crippen LogP contribution is -2.35. The lowest BCUT2D eigenvalue weighted by Gasteiger charge is -2.15. The number of hydrogen-bond acceptors (Lipinski definition) is 4. The highest BCUT2D eigenvalue weighted by molar-refractivity contribution is 7.80. The molecule has 0 saturated carbocycles. The monoisotopic (exact) mass is 433 g/mol. The Morgan fingerprint density at radius 1 is 0.806 bits per heavy atom. The zero-order valence-corrected chi connectivity index (χ0v) is 17.9. The number of para-hydroxylation sites is 3. The summed E-state index contributed by atoms with van der Waals surface area (Å²) >= 11 is 5.30. The van der Waals surface area contributed by atoms with Gasteiger partial charge in [-0.1, -0.05) is 49.4 Å². The molecule has 7 heteroatoms. The topological polar surface area (TPSA) is 79.5 Å². The first-order valence-electron chi connectivity index (χ1n) is 9.88. The van der Waals surface area contributed by atoms with Gasteiger partial charge in [-0.2, -0.15) is 0 Å². The summed E-state index contributed by atoms with van der Waals surface area (Å²) in [7, 11) is 0. The van der Waals surface area contributed by atoms with Gasteiger partial charge in [0.25, 0.3) is 11.8 Å². The predicted octanol–water partition coefficient (Wildman–Crippen LogP) is 4.85. The van der Waals surface area contributed by atoms with Crippen molar-refractivity contribution >= 4 is 40.5 Å². The van der Waals surface area contributed by atoms with Crippen LogP contribution >= 0.6 is 12.2 Å². The molecular formula is C24H23N3O3S. The third-order valence-corrected chi connectivity index (χ3v) is 4.48. The van der Waals surface area contributed by atoms with E-state index in [0.29, 0.717) is 34.9 Å². The molecule has 0 heterocycles. The minimum Gasteiger partial charge on any atom is -0.493 e. The van der Waals surface area contributed by atoms with Crippen molar-refractivity contribution in [1.82, 2.24) is 5.32 Å². The first-order valence-corrected chi connectivity index (χ1v) is 10.3. The second-order valence-electron chi connectivity index (χ2n) is 6.62. The van der Waals surface area contributed by atoms with Gasteiger partial charge in [0, 0.05) is 5.69 Å². The average Bonchev–Trinajstić information content (AvgIpc) is 2.78. The highest BCUT2D eigenvalue weighted by atomic mass is 32.1. The van der Waals surface area contributed by atoms with Crippen LogP contribution in [-0.2, 0) is 0 Å². The average molecular weight is 434 g/mol. The fraction of sp³-hybridized carbons (Fsp3) is 0.125. The van der Waals surface area contributed by atoms with E-state index in [1.807, 2.05) is 25.1 Å². The van der Waals surface area contributed by atoms with Crippen LogP contribution in [0.5, 0.6) is 5.75 Å². The molecule has 0 aliphatic heterocycles. The number of nitrogens with one attached hydrogen (secondary N) is 3. The summed E-state index contributed by atoms with van der Waals surface area (Å²) in [5.74, 6) is -0.190. The van der Waals surface area contributed by atoms with Crippen molar-refractivity contribution in [2.45, 2.75) is 13.3 Å². The maximum atomic E-state index is 12.7. The molecule has 31 heavy (non-hydrogen) atoms. The molecule has 3 aromatic rings. The molecular weight excluding hydrogens is 410 g/mol. The molecule has 3 rings (SSSR count). The van der Waals surface area contributed by atoms with Crippen molar-refractivity contribution in [3.05, 3.63) is 90.0 Å². The summed E-state index contributed by atoms with van der Waals surface area (Å²) in [5.41, 5.74) is 1.95. The molecule has 158 valence electrons. The Bertz CT molecular complexity index is 1070. The molecule has 0 atom stereocenters. The van der Waals surface area contributed by atoms with E-state index in [2.05, 4.69) is 16.0 Å². The smallest absolute Gasteiger partial charge is 0.261 e. The summed E-state index contributed by atoms with van der Waals surface area (Å²) in [6.07, 6.45) is 0.831. The van der Waals surface area contributed by atoms with Crippen LogP contribution in [0.4, 0.5) is 11.4 Å². The van der Waals surface area contributed by atoms with Crippen LogP contribution in [0, 0.1) is 0 Å². The van der Waals surface area contributed by atoms with Crippen molar-refractivity contribution in [1.29, 1.82) is 0 Å². The molecule has 2 amide bonds. The Hall–Kier alpha value is -3.71. The number of thiocarbonyl (C=S) groups is 1. The Kier molecular flexibility index (Phi) is 7.73. The van der Waals surface area contributed by atoms with Crippen LogP contribution in [0.1, 0.15) is 34.1 Å². The number of hydrogen-bond donors (Lipinski definition) is 3. The molecule has 0 aromatic heterocycles. The van der Waals surface area contributed by atoms with Crippen molar-refractivity contribution in [2.75, 3.05) is 17.2 Å². The second kappa shape index (κ2) is 10.9. The molecule has 0 fully saturated rings. The van der Waals surface area contributed by atoms with E-state index in [0.717, 1.165) is 6.42 Å². The van der Waals surface area contributed by atoms with Gasteiger partial charge in [0.2, 0.25) is 0 Å². The summed E-state index contributed by atoms with van der Waals surface area (Å²) < 4.78 is 5.64. The molecule has 0 bridgehead atoms. The summed E-state index contributed by atoms with van der Waals surface area (Å²) in [5, 5.41) is 8.50. The summed E-state index contributed by atoms with van der Waals surface area (Å²) in [6, 6.07) is 23.1. The Labute approximate surface area is 186 Å². The SMILES string of the molecule is CCCOc1ccccc1C(=O)NC(=S)Nc1ccccc1C(=O)Nc1ccccc1. The van der Waals surface area contributed by atoms with Crippen LogP contribution in [0.25, 0.3) is 0 Å². The Morgan fingerprint density at radius 3 is 2.19 bits per heavy atom. The fourth-order valence-corrected chi connectivity index (χ4v) is 3.03. The molecule has 3 aromatic carbocycles. The minimum atomic E-state index is -0.393. The lowest BCUT2D eigenvalue weighted by molar-refractivity contribution is 0.0972. The first-order chi connectivity index (χ1) is 15.1. The largest absolute Gasteiger partial charge is 0.493 e. The third kappa shape index (κ3) is 6.13. The van der Waals surface area contributed by atoms with Gasteiger partial charge < -0.3 is 15.4 Å². The van der Waals surface area contributed by atoms with Crippen molar-refractivity contribution < 1.29 is 14.3 Å². The number of rotatable bonds is 7. The zero-order chi connectivity index (χ0) is 22.1. The van der Waals surface area contributed by atoms with Crippen LogP contribution in [-0.4, -0.2) is 23.5 Å². The van der Waals surface area contributed by atoms with E-state index >= 15 is 0 Å². The number of carbonyl (C=O) groups is 2. The van der Waals surface area contributed by atoms with E-state index in [4.69, 9.17) is 17.0 Å². The van der Waals surface area contributed by atoms with E-state index < -0.39 is 5.91 Å². The van der Waals surface area contributed by atoms with E-state index in [1.54, 1.807) is 60.7 Å². The maximum Gasteiger partial charge on any atom is 0.261 e. The molecule has 0 spiro atoms. The van der Waals surface area contributed by atoms with Gasteiger partial charge in [-0.25, -0.2) is 0 Å². The number of anilines is 2. The predicted molar refractivity (Wildman–Crippen MR) is 127 cm³/mol. The molecule has 6 nitrogen and oxygen atoms in total. The van der Waals surface area contributed by atoms with Crippen molar-refractivity contribution in [2.24, 2.45) is 0 Å². The van der Waals surface area contributed by atoms with Gasteiger partial charge in [0.1, 0.15) is 5.75 Å². The lowest BCUT2D eigenvalue weighted by atomic mass is 10.1. The molecule has 0 aliphatic rings. The number of amides is 2. The van der Waals surface area contributed by atoms with Gasteiger partial charge >= 0.3 is 0 Å². The van der Waals surface area contributed by atoms with Gasteiger partial charge in [-0.15, -0.1) is 0 Å². The Balaban J connectivity index is 1.69. The van der Waals surface area contributed by atoms with Gasteiger partial charge in [-0.05, 0) is 55.0 Å². The maximum absolute atomic E-state index is 12.7. The number of carbonyl (C=O) groups excluding carboxylic acids is 2. The Morgan fingerprint density at radius 2 is 1.45 bits per heavy atom. The number of ether oxygens (including phenoxy) is 1. The van der Waals surface area contributed by atoms with Crippen LogP contribution < -0.4 is 20.7 Å². The van der Waals surface area contributed by atoms with Crippen molar-refractivity contribution in [3.8, 4) is 5.75 Å². The normalized spacial score (nSPS) is 10.1. The highest BCUT2D eigenvalue weighted by Crippen LogP contribution is 2.19. The molecule has 0 radical (unpaired) electrons. The minimum absolute atomic E-state index is 0.0789. The number of benzene rings is 3. The van der Waals surface area contributed by atoms with Crippen LogP contribution in [0.2, 0.25) is 0 Å². The molecule has 3 N–H and O–H groups in total. The molecule has 0 aliphatic carbocycles. The molecule has 0 saturated heterocycles. The van der Waals surface area contributed by atoms with Gasteiger partial charge in [0.05, 0.1) is 23.4 Å². The quantitative estimate of drug-likeness (QED) is 0.464. The van der Waals surface area contributed by atoms with Crippen LogP contribution in [0.3, 0.4) is 0 Å². The fourth-order valence-electron chi connectivity index (χ4n) is 2.83. The van der Waals surface area contributed by atoms with E-state index in [1.165, 1.54) is 0 Å². The van der Waals surface area contributed by atoms with E-state index in [-0.39, 0.29) is 11.0 Å². The summed E-state index contributed by atoms with van der Waals surface area (Å²) in [6.45, 7) is 2.50. The van der Waals surface area contributed by atoms with E-state index in [9.17, 15) is 9.59 Å². The van der Waals surface area contributed by atoms with Crippen LogP contribution in [0.15, 0.2) is 78.9 Å². The zero-order valence-electron chi connectivity index (χ0n) is 17.1. The second-order valence-corrected chi connectivity index (χ2v) is 7.03. The first kappa shape index (κ1) is 22.0. The van der Waals surface area contributed by atoms with Gasteiger partial charge in [0.15, 0.2) is 5.11 Å².